The van der Waals surface area contributed by atoms with Crippen LogP contribution in [0.15, 0.2) is 9.59 Å². The summed E-state index contributed by atoms with van der Waals surface area (Å²) in [4.78, 5) is 30.2. The largest absolute Gasteiger partial charge is 0.333 e. The third-order valence-electron chi connectivity index (χ3n) is 4.33. The highest BCUT2D eigenvalue weighted by molar-refractivity contribution is 5.71. The van der Waals surface area contributed by atoms with Gasteiger partial charge in [0.25, 0.3) is 5.56 Å². The monoisotopic (exact) mass is 307 g/mol. The van der Waals surface area contributed by atoms with E-state index < -0.39 is 0 Å². The smallest absolute Gasteiger partial charge is 0.328 e. The maximum Gasteiger partial charge on any atom is 0.333 e. The van der Waals surface area contributed by atoms with E-state index in [2.05, 4.69) is 4.98 Å². The lowest BCUT2D eigenvalue weighted by Crippen LogP contribution is -2.44. The molecule has 0 saturated carbocycles. The molecule has 0 radical (unpaired) electrons. The van der Waals surface area contributed by atoms with Crippen molar-refractivity contribution in [1.29, 1.82) is 0 Å². The molecule has 0 amide bonds. The number of rotatable bonds is 5. The van der Waals surface area contributed by atoms with Crippen molar-refractivity contribution in [3.05, 3.63) is 26.7 Å². The predicted octanol–water partition coefficient (Wildman–Crippen LogP) is 1.18. The summed E-state index contributed by atoms with van der Waals surface area (Å²) >= 11 is 0. The molecule has 7 nitrogen and oxygen atoms in total. The van der Waals surface area contributed by atoms with Crippen molar-refractivity contribution in [1.82, 2.24) is 18.7 Å². The lowest BCUT2D eigenvalue weighted by molar-refractivity contribution is 0.448. The molecule has 2 unspecified atom stereocenters. The SMILES string of the molecule is CCC(C)n1c(=O)n(C(C)CN)c(=O)c2c1nc(C)n2CC. The molecule has 0 aliphatic heterocycles. The van der Waals surface area contributed by atoms with Gasteiger partial charge in [0.2, 0.25) is 0 Å². The Morgan fingerprint density at radius 2 is 1.77 bits per heavy atom. The van der Waals surface area contributed by atoms with Crippen molar-refractivity contribution in [3.8, 4) is 0 Å². The molecule has 122 valence electrons. The van der Waals surface area contributed by atoms with Gasteiger partial charge < -0.3 is 10.3 Å². The van der Waals surface area contributed by atoms with Gasteiger partial charge in [-0.1, -0.05) is 6.92 Å². The van der Waals surface area contributed by atoms with Crippen LogP contribution in [0.1, 0.15) is 52.0 Å². The predicted molar refractivity (Wildman–Crippen MR) is 87.4 cm³/mol. The average Bonchev–Trinajstić information content (AvgIpc) is 2.82. The van der Waals surface area contributed by atoms with Gasteiger partial charge in [0.1, 0.15) is 5.82 Å². The van der Waals surface area contributed by atoms with Gasteiger partial charge in [0, 0.05) is 19.1 Å². The minimum atomic E-state index is -0.347. The highest BCUT2D eigenvalue weighted by Gasteiger charge is 2.23. The summed E-state index contributed by atoms with van der Waals surface area (Å²) in [7, 11) is 0. The fourth-order valence-corrected chi connectivity index (χ4v) is 2.80. The van der Waals surface area contributed by atoms with Crippen molar-refractivity contribution >= 4 is 11.2 Å². The number of hydrogen-bond donors (Lipinski definition) is 1. The zero-order chi connectivity index (χ0) is 16.6. The molecule has 2 atom stereocenters. The molecule has 0 saturated heterocycles. The van der Waals surface area contributed by atoms with E-state index in [-0.39, 0.29) is 29.9 Å². The van der Waals surface area contributed by atoms with Gasteiger partial charge >= 0.3 is 5.69 Å². The van der Waals surface area contributed by atoms with Crippen molar-refractivity contribution in [2.45, 2.75) is 59.7 Å². The Kier molecular flexibility index (Phi) is 4.55. The number of aryl methyl sites for hydroxylation is 2. The highest BCUT2D eigenvalue weighted by Crippen LogP contribution is 2.17. The first-order chi connectivity index (χ1) is 10.4. The molecule has 22 heavy (non-hydrogen) atoms. The Balaban J connectivity index is 3.05. The topological polar surface area (TPSA) is 87.8 Å². The Bertz CT molecular complexity index is 799. The maximum atomic E-state index is 12.8. The number of fused-ring (bicyclic) bond motifs is 1. The standard InChI is InChI=1S/C15H25N5O2/c1-6-9(3)19-13-12(18(7-2)11(5)17-13)14(21)20(15(19)22)10(4)8-16/h9-10H,6-8,16H2,1-5H3. The van der Waals surface area contributed by atoms with Gasteiger partial charge in [-0.05, 0) is 34.1 Å². The van der Waals surface area contributed by atoms with E-state index in [0.29, 0.717) is 17.7 Å². The Morgan fingerprint density at radius 3 is 2.27 bits per heavy atom. The first kappa shape index (κ1) is 16.5. The number of aromatic nitrogens is 4. The average molecular weight is 307 g/mol. The second kappa shape index (κ2) is 6.08. The molecule has 0 aliphatic rings. The molecular weight excluding hydrogens is 282 g/mol. The summed E-state index contributed by atoms with van der Waals surface area (Å²) in [6, 6.07) is -0.383. The summed E-state index contributed by atoms with van der Waals surface area (Å²) in [6.07, 6.45) is 0.780. The lowest BCUT2D eigenvalue weighted by atomic mass is 10.2. The van der Waals surface area contributed by atoms with Gasteiger partial charge in [0.15, 0.2) is 11.2 Å². The van der Waals surface area contributed by atoms with E-state index in [1.807, 2.05) is 32.3 Å². The third-order valence-corrected chi connectivity index (χ3v) is 4.33. The van der Waals surface area contributed by atoms with Crippen LogP contribution in [0.3, 0.4) is 0 Å². The molecule has 2 aromatic heterocycles. The lowest BCUT2D eigenvalue weighted by Gasteiger charge is -2.19. The molecule has 2 rings (SSSR count). The van der Waals surface area contributed by atoms with E-state index in [9.17, 15) is 9.59 Å². The molecule has 0 spiro atoms. The van der Waals surface area contributed by atoms with E-state index in [1.54, 1.807) is 11.5 Å². The molecule has 2 N–H and O–H groups in total. The molecule has 2 aromatic rings. The Labute approximate surface area is 129 Å². The van der Waals surface area contributed by atoms with Crippen molar-refractivity contribution in [3.63, 3.8) is 0 Å². The van der Waals surface area contributed by atoms with Crippen LogP contribution in [0, 0.1) is 6.92 Å². The minimum absolute atomic E-state index is 0.0357. The number of nitrogens with two attached hydrogens (primary N) is 1. The fraction of sp³-hybridized carbons (Fsp3) is 0.667. The molecule has 0 bridgehead atoms. The number of hydrogen-bond acceptors (Lipinski definition) is 4. The van der Waals surface area contributed by atoms with E-state index in [0.717, 1.165) is 12.2 Å². The van der Waals surface area contributed by atoms with Crippen LogP contribution in [-0.2, 0) is 6.54 Å². The highest BCUT2D eigenvalue weighted by atomic mass is 16.2. The van der Waals surface area contributed by atoms with Gasteiger partial charge in [-0.15, -0.1) is 0 Å². The summed E-state index contributed by atoms with van der Waals surface area (Å²) in [5, 5.41) is 0. The minimum Gasteiger partial charge on any atom is -0.328 e. The van der Waals surface area contributed by atoms with Crippen molar-refractivity contribution in [2.75, 3.05) is 6.54 Å². The Hall–Kier alpha value is -1.89. The zero-order valence-electron chi connectivity index (χ0n) is 14.0. The van der Waals surface area contributed by atoms with Crippen molar-refractivity contribution < 1.29 is 0 Å². The first-order valence-electron chi connectivity index (χ1n) is 7.82. The van der Waals surface area contributed by atoms with Crippen LogP contribution in [0.2, 0.25) is 0 Å². The second-order valence-corrected chi connectivity index (χ2v) is 5.75. The molecule has 0 aromatic carbocycles. The van der Waals surface area contributed by atoms with Crippen LogP contribution < -0.4 is 17.0 Å². The summed E-state index contributed by atoms with van der Waals surface area (Å²) in [5.41, 5.74) is 6.02. The second-order valence-electron chi connectivity index (χ2n) is 5.75. The van der Waals surface area contributed by atoms with E-state index in [1.165, 1.54) is 4.57 Å². The van der Waals surface area contributed by atoms with Gasteiger partial charge in [-0.3, -0.25) is 13.9 Å². The van der Waals surface area contributed by atoms with Gasteiger partial charge in [0.05, 0.1) is 6.04 Å². The molecular formula is C15H25N5O2. The first-order valence-corrected chi connectivity index (χ1v) is 7.82. The van der Waals surface area contributed by atoms with Crippen LogP contribution in [0.25, 0.3) is 11.2 Å². The van der Waals surface area contributed by atoms with Crippen LogP contribution in [0.4, 0.5) is 0 Å². The van der Waals surface area contributed by atoms with E-state index >= 15 is 0 Å². The van der Waals surface area contributed by atoms with Gasteiger partial charge in [-0.2, -0.15) is 0 Å². The third kappa shape index (κ3) is 2.29. The van der Waals surface area contributed by atoms with Crippen molar-refractivity contribution in [2.24, 2.45) is 5.73 Å². The molecule has 0 fully saturated rings. The van der Waals surface area contributed by atoms with Gasteiger partial charge in [-0.25, -0.2) is 9.78 Å². The fourth-order valence-electron chi connectivity index (χ4n) is 2.80. The van der Waals surface area contributed by atoms with E-state index in [4.69, 9.17) is 5.73 Å². The number of nitrogens with zero attached hydrogens (tertiary/aromatic N) is 4. The normalized spacial score (nSPS) is 14.5. The quantitative estimate of drug-likeness (QED) is 0.898. The van der Waals surface area contributed by atoms with Crippen LogP contribution >= 0.6 is 0 Å². The summed E-state index contributed by atoms with van der Waals surface area (Å²) in [5.74, 6) is 0.740. The number of imidazole rings is 1. The zero-order valence-corrected chi connectivity index (χ0v) is 14.0. The van der Waals surface area contributed by atoms with Crippen LogP contribution in [-0.4, -0.2) is 25.2 Å². The van der Waals surface area contributed by atoms with Crippen LogP contribution in [0.5, 0.6) is 0 Å². The maximum absolute atomic E-state index is 12.8. The molecule has 2 heterocycles. The molecule has 0 aliphatic carbocycles. The Morgan fingerprint density at radius 1 is 1.14 bits per heavy atom. The summed E-state index contributed by atoms with van der Waals surface area (Å²) in [6.45, 7) is 10.4. The molecule has 7 heteroatoms. The summed E-state index contributed by atoms with van der Waals surface area (Å²) < 4.78 is 4.75.